The van der Waals surface area contributed by atoms with Crippen molar-refractivity contribution in [3.8, 4) is 0 Å². The van der Waals surface area contributed by atoms with Crippen molar-refractivity contribution in [1.29, 1.82) is 0 Å². The Bertz CT molecular complexity index is 307. The summed E-state index contributed by atoms with van der Waals surface area (Å²) >= 11 is 0. The summed E-state index contributed by atoms with van der Waals surface area (Å²) < 4.78 is 4.56. The molecule has 0 aromatic heterocycles. The van der Waals surface area contributed by atoms with Gasteiger partial charge in [0.15, 0.2) is 0 Å². The van der Waals surface area contributed by atoms with Gasteiger partial charge in [0.2, 0.25) is 0 Å². The van der Waals surface area contributed by atoms with E-state index >= 15 is 0 Å². The predicted octanol–water partition coefficient (Wildman–Crippen LogP) is -0.348. The second-order valence-corrected chi connectivity index (χ2v) is 3.33. The summed E-state index contributed by atoms with van der Waals surface area (Å²) in [7, 11) is 0. The molecule has 8 nitrogen and oxygen atoms in total. The Labute approximate surface area is 98.0 Å². The highest BCUT2D eigenvalue weighted by Crippen LogP contribution is 2.02. The van der Waals surface area contributed by atoms with E-state index < -0.39 is 18.2 Å². The number of urea groups is 1. The zero-order valence-electron chi connectivity index (χ0n) is 9.45. The molecule has 1 aliphatic heterocycles. The lowest BCUT2D eigenvalue weighted by molar-refractivity contribution is -0.120. The maximum atomic E-state index is 11.1. The van der Waals surface area contributed by atoms with E-state index in [1.165, 1.54) is 0 Å². The summed E-state index contributed by atoms with van der Waals surface area (Å²) in [6, 6.07) is -1.00. The first-order chi connectivity index (χ1) is 8.13. The molecule has 4 amide bonds. The molecule has 1 saturated heterocycles. The van der Waals surface area contributed by atoms with Crippen molar-refractivity contribution >= 4 is 18.0 Å². The molecule has 0 bridgehead atoms. The van der Waals surface area contributed by atoms with E-state index in [4.69, 9.17) is 4.84 Å². The Morgan fingerprint density at radius 1 is 1.47 bits per heavy atom. The third-order valence-electron chi connectivity index (χ3n) is 2.03. The minimum Gasteiger partial charge on any atom is -0.448 e. The van der Waals surface area contributed by atoms with E-state index in [9.17, 15) is 14.4 Å². The maximum absolute atomic E-state index is 11.1. The number of rotatable bonds is 6. The van der Waals surface area contributed by atoms with Crippen LogP contribution in [0.3, 0.4) is 0 Å². The van der Waals surface area contributed by atoms with Crippen molar-refractivity contribution in [3.63, 3.8) is 0 Å². The number of imide groups is 1. The van der Waals surface area contributed by atoms with Crippen LogP contribution in [0.5, 0.6) is 0 Å². The standard InChI is InChI=1S/C9H15N3O5/c1-2-16-9(15)12-17-5-3-4-6-7(13)11-8(14)10-6/h6H,2-5H2,1H3,(H,12,15)(H2,10,11,13,14). The second kappa shape index (κ2) is 6.69. The quantitative estimate of drug-likeness (QED) is 0.337. The fraction of sp³-hybridized carbons (Fsp3) is 0.667. The lowest BCUT2D eigenvalue weighted by Crippen LogP contribution is -2.30. The lowest BCUT2D eigenvalue weighted by Gasteiger charge is -2.07. The molecule has 1 aliphatic rings. The number of hydrogen-bond donors (Lipinski definition) is 3. The molecule has 0 spiro atoms. The van der Waals surface area contributed by atoms with Gasteiger partial charge >= 0.3 is 12.1 Å². The first kappa shape index (κ1) is 13.2. The number of hydrogen-bond acceptors (Lipinski definition) is 5. The number of nitrogens with one attached hydrogen (secondary N) is 3. The van der Waals surface area contributed by atoms with Gasteiger partial charge in [0, 0.05) is 0 Å². The van der Waals surface area contributed by atoms with Crippen LogP contribution >= 0.6 is 0 Å². The average molecular weight is 245 g/mol. The van der Waals surface area contributed by atoms with Gasteiger partial charge < -0.3 is 10.1 Å². The van der Waals surface area contributed by atoms with Gasteiger partial charge in [0.25, 0.3) is 5.91 Å². The molecule has 1 fully saturated rings. The summed E-state index contributed by atoms with van der Waals surface area (Å²) in [4.78, 5) is 37.5. The van der Waals surface area contributed by atoms with E-state index in [0.717, 1.165) is 0 Å². The van der Waals surface area contributed by atoms with Crippen LogP contribution in [-0.4, -0.2) is 37.3 Å². The smallest absolute Gasteiger partial charge is 0.431 e. The van der Waals surface area contributed by atoms with Crippen molar-refractivity contribution in [2.24, 2.45) is 0 Å². The van der Waals surface area contributed by atoms with E-state index in [1.807, 2.05) is 0 Å². The molecule has 17 heavy (non-hydrogen) atoms. The Balaban J connectivity index is 2.03. The molecule has 1 rings (SSSR count). The van der Waals surface area contributed by atoms with Crippen LogP contribution in [-0.2, 0) is 14.4 Å². The van der Waals surface area contributed by atoms with Crippen molar-refractivity contribution in [2.75, 3.05) is 13.2 Å². The molecule has 1 atom stereocenters. The number of amides is 4. The van der Waals surface area contributed by atoms with Gasteiger partial charge in [-0.2, -0.15) is 5.48 Å². The molecule has 8 heteroatoms. The summed E-state index contributed by atoms with van der Waals surface area (Å²) in [5.41, 5.74) is 2.08. The fourth-order valence-corrected chi connectivity index (χ4v) is 1.29. The molecule has 0 aromatic carbocycles. The molecule has 1 heterocycles. The molecule has 0 saturated carbocycles. The number of carbonyl (C=O) groups is 3. The monoisotopic (exact) mass is 245 g/mol. The highest BCUT2D eigenvalue weighted by atomic mass is 16.7. The van der Waals surface area contributed by atoms with Gasteiger partial charge in [-0.1, -0.05) is 0 Å². The van der Waals surface area contributed by atoms with Gasteiger partial charge in [0.1, 0.15) is 6.04 Å². The van der Waals surface area contributed by atoms with Crippen molar-refractivity contribution in [2.45, 2.75) is 25.8 Å². The van der Waals surface area contributed by atoms with Crippen LogP contribution in [0, 0.1) is 0 Å². The van der Waals surface area contributed by atoms with E-state index in [1.54, 1.807) is 6.92 Å². The first-order valence-electron chi connectivity index (χ1n) is 5.29. The molecular weight excluding hydrogens is 230 g/mol. The van der Waals surface area contributed by atoms with Crippen LogP contribution < -0.4 is 16.1 Å². The normalized spacial score (nSPS) is 18.5. The largest absolute Gasteiger partial charge is 0.448 e. The van der Waals surface area contributed by atoms with Gasteiger partial charge in [-0.15, -0.1) is 0 Å². The highest BCUT2D eigenvalue weighted by molar-refractivity contribution is 6.04. The Morgan fingerprint density at radius 3 is 2.82 bits per heavy atom. The Kier molecular flexibility index (Phi) is 5.21. The van der Waals surface area contributed by atoms with Crippen LogP contribution in [0.15, 0.2) is 0 Å². The van der Waals surface area contributed by atoms with E-state index in [2.05, 4.69) is 20.9 Å². The molecule has 3 N–H and O–H groups in total. The Morgan fingerprint density at radius 2 is 2.24 bits per heavy atom. The fourth-order valence-electron chi connectivity index (χ4n) is 1.29. The average Bonchev–Trinajstić information content (AvgIpc) is 2.57. The second-order valence-electron chi connectivity index (χ2n) is 3.33. The summed E-state index contributed by atoms with van der Waals surface area (Å²) in [5.74, 6) is -0.339. The molecule has 1 unspecified atom stereocenters. The Hall–Kier alpha value is -1.83. The molecule has 0 aliphatic carbocycles. The topological polar surface area (TPSA) is 106 Å². The zero-order valence-corrected chi connectivity index (χ0v) is 9.45. The SMILES string of the molecule is CCOC(=O)NOCCCC1NC(=O)NC1=O. The van der Waals surface area contributed by atoms with Gasteiger partial charge in [0.05, 0.1) is 13.2 Å². The van der Waals surface area contributed by atoms with Crippen LogP contribution in [0.25, 0.3) is 0 Å². The summed E-state index contributed by atoms with van der Waals surface area (Å²) in [6.07, 6.45) is 0.312. The van der Waals surface area contributed by atoms with E-state index in [0.29, 0.717) is 12.8 Å². The minimum atomic E-state index is -0.653. The molecular formula is C9H15N3O5. The van der Waals surface area contributed by atoms with Crippen molar-refractivity contribution < 1.29 is 24.0 Å². The van der Waals surface area contributed by atoms with Gasteiger partial charge in [-0.05, 0) is 19.8 Å². The summed E-state index contributed by atoms with van der Waals surface area (Å²) in [5, 5.41) is 4.58. The van der Waals surface area contributed by atoms with Gasteiger partial charge in [-0.25, -0.2) is 9.59 Å². The van der Waals surface area contributed by atoms with Gasteiger partial charge in [-0.3, -0.25) is 14.9 Å². The lowest BCUT2D eigenvalue weighted by atomic mass is 10.2. The molecule has 0 radical (unpaired) electrons. The van der Waals surface area contributed by atoms with Crippen LogP contribution in [0.2, 0.25) is 0 Å². The number of ether oxygens (including phenoxy) is 1. The third kappa shape index (κ3) is 4.68. The summed E-state index contributed by atoms with van der Waals surface area (Å²) in [6.45, 7) is 2.18. The third-order valence-corrected chi connectivity index (χ3v) is 2.03. The highest BCUT2D eigenvalue weighted by Gasteiger charge is 2.28. The minimum absolute atomic E-state index is 0.235. The number of hydroxylamine groups is 1. The molecule has 0 aromatic rings. The van der Waals surface area contributed by atoms with Crippen molar-refractivity contribution in [3.05, 3.63) is 0 Å². The van der Waals surface area contributed by atoms with Crippen molar-refractivity contribution in [1.82, 2.24) is 16.1 Å². The first-order valence-corrected chi connectivity index (χ1v) is 5.29. The van der Waals surface area contributed by atoms with E-state index in [-0.39, 0.29) is 19.1 Å². The number of carbonyl (C=O) groups excluding carboxylic acids is 3. The predicted molar refractivity (Wildman–Crippen MR) is 55.8 cm³/mol. The van der Waals surface area contributed by atoms with Crippen LogP contribution in [0.4, 0.5) is 9.59 Å². The van der Waals surface area contributed by atoms with Crippen LogP contribution in [0.1, 0.15) is 19.8 Å². The molecule has 96 valence electrons. The maximum Gasteiger partial charge on any atom is 0.431 e. The zero-order chi connectivity index (χ0) is 12.7.